The number of hydrogen-bond acceptors (Lipinski definition) is 1. The monoisotopic (exact) mass is 184 g/mol. The molecule has 0 aliphatic rings. The molecule has 1 nitrogen and oxygen atoms in total. The number of phenolic OH excluding ortho intramolecular Hbond substituents is 1. The molecule has 0 amide bonds. The predicted molar refractivity (Wildman–Crippen MR) is 28.1 cm³/mol. The van der Waals surface area contributed by atoms with Gasteiger partial charge in [0.05, 0.1) is 0 Å². The van der Waals surface area contributed by atoms with Crippen LogP contribution >= 0.6 is 0 Å². The van der Waals surface area contributed by atoms with Gasteiger partial charge in [-0.05, 0) is 12.1 Å². The van der Waals surface area contributed by atoms with E-state index >= 15 is 0 Å². The molecule has 0 spiro atoms. The van der Waals surface area contributed by atoms with Gasteiger partial charge in [0.1, 0.15) is 5.75 Å². The Kier molecular flexibility index (Phi) is 7.68. The standard InChI is InChI=1S/C6H6O.ClH.Mn/c7-6-4-2-1-3-5-6;;/h1-5,7H;1H;/p-1. The molecule has 0 fully saturated rings. The van der Waals surface area contributed by atoms with Gasteiger partial charge in [0, 0.05) is 17.1 Å². The maximum Gasteiger partial charge on any atom is 0.115 e. The molecule has 1 aromatic rings. The summed E-state index contributed by atoms with van der Waals surface area (Å²) in [5, 5.41) is 8.63. The summed E-state index contributed by atoms with van der Waals surface area (Å²) in [6.07, 6.45) is 0. The van der Waals surface area contributed by atoms with E-state index in [0.29, 0.717) is 5.75 Å². The number of halogens is 1. The maximum atomic E-state index is 8.63. The zero-order valence-electron chi connectivity index (χ0n) is 4.59. The summed E-state index contributed by atoms with van der Waals surface area (Å²) in [7, 11) is 0. The number of benzene rings is 1. The molecule has 0 saturated carbocycles. The maximum absolute atomic E-state index is 8.63. The minimum atomic E-state index is 0. The first-order valence-corrected chi connectivity index (χ1v) is 2.13. The molecular weight excluding hydrogens is 178 g/mol. The molecular formula is C6H6ClMnO-. The van der Waals surface area contributed by atoms with Gasteiger partial charge in [0.15, 0.2) is 0 Å². The Balaban J connectivity index is 0. The number of para-hydroxylation sites is 1. The second-order valence-electron chi connectivity index (χ2n) is 1.34. The fourth-order valence-corrected chi connectivity index (χ4v) is 0.428. The van der Waals surface area contributed by atoms with Crippen molar-refractivity contribution in [1.29, 1.82) is 0 Å². The smallest absolute Gasteiger partial charge is 0.115 e. The average Bonchev–Trinajstić information content (AvgIpc) is 1.69. The van der Waals surface area contributed by atoms with E-state index in [9.17, 15) is 0 Å². The molecule has 1 radical (unpaired) electrons. The first-order valence-electron chi connectivity index (χ1n) is 2.13. The average molecular weight is 185 g/mol. The first-order chi connectivity index (χ1) is 3.39. The van der Waals surface area contributed by atoms with Crippen molar-refractivity contribution in [3.8, 4) is 5.75 Å². The molecule has 51 valence electrons. The number of hydrogen-bond donors (Lipinski definition) is 1. The van der Waals surface area contributed by atoms with Crippen molar-refractivity contribution < 1.29 is 34.6 Å². The van der Waals surface area contributed by atoms with Gasteiger partial charge in [-0.2, -0.15) is 0 Å². The van der Waals surface area contributed by atoms with Crippen LogP contribution < -0.4 is 12.4 Å². The van der Waals surface area contributed by atoms with E-state index in [0.717, 1.165) is 0 Å². The predicted octanol–water partition coefficient (Wildman–Crippen LogP) is -1.61. The van der Waals surface area contributed by atoms with Gasteiger partial charge in [0.25, 0.3) is 0 Å². The van der Waals surface area contributed by atoms with Crippen LogP contribution in [0.5, 0.6) is 5.75 Å². The van der Waals surface area contributed by atoms with Gasteiger partial charge in [-0.25, -0.2) is 0 Å². The van der Waals surface area contributed by atoms with Gasteiger partial charge in [-0.1, -0.05) is 18.2 Å². The van der Waals surface area contributed by atoms with Crippen LogP contribution in [-0.2, 0) is 17.1 Å². The normalized spacial score (nSPS) is 6.67. The molecule has 0 aromatic heterocycles. The number of aromatic hydroxyl groups is 1. The van der Waals surface area contributed by atoms with Gasteiger partial charge in [0.2, 0.25) is 0 Å². The molecule has 0 unspecified atom stereocenters. The molecule has 1 rings (SSSR count). The number of rotatable bonds is 0. The van der Waals surface area contributed by atoms with Crippen molar-refractivity contribution in [3.63, 3.8) is 0 Å². The molecule has 9 heavy (non-hydrogen) atoms. The molecule has 0 atom stereocenters. The summed E-state index contributed by atoms with van der Waals surface area (Å²) in [5.41, 5.74) is 0. The van der Waals surface area contributed by atoms with Crippen LogP contribution in [0.25, 0.3) is 0 Å². The van der Waals surface area contributed by atoms with Crippen molar-refractivity contribution in [3.05, 3.63) is 30.3 Å². The fraction of sp³-hybridized carbons (Fsp3) is 0. The summed E-state index contributed by atoms with van der Waals surface area (Å²) in [5.74, 6) is 0.322. The zero-order valence-corrected chi connectivity index (χ0v) is 6.53. The van der Waals surface area contributed by atoms with Crippen molar-refractivity contribution in [2.75, 3.05) is 0 Å². The van der Waals surface area contributed by atoms with Crippen LogP contribution in [0.15, 0.2) is 30.3 Å². The Morgan fingerprint density at radius 2 is 1.44 bits per heavy atom. The summed E-state index contributed by atoms with van der Waals surface area (Å²) < 4.78 is 0. The Labute approximate surface area is 71.0 Å². The van der Waals surface area contributed by atoms with Crippen LogP contribution in [0.1, 0.15) is 0 Å². The van der Waals surface area contributed by atoms with Gasteiger partial charge in [-0.3, -0.25) is 0 Å². The van der Waals surface area contributed by atoms with Crippen LogP contribution in [-0.4, -0.2) is 5.11 Å². The van der Waals surface area contributed by atoms with E-state index in [1.165, 1.54) is 0 Å². The van der Waals surface area contributed by atoms with E-state index in [2.05, 4.69) is 0 Å². The van der Waals surface area contributed by atoms with Crippen LogP contribution in [0.4, 0.5) is 0 Å². The molecule has 1 N–H and O–H groups in total. The molecule has 3 heteroatoms. The van der Waals surface area contributed by atoms with Crippen molar-refractivity contribution in [1.82, 2.24) is 0 Å². The van der Waals surface area contributed by atoms with E-state index < -0.39 is 0 Å². The molecule has 0 saturated heterocycles. The SMILES string of the molecule is Oc1ccccc1.[Cl-].[Mn]. The van der Waals surface area contributed by atoms with E-state index in [1.54, 1.807) is 24.3 Å². The fourth-order valence-electron chi connectivity index (χ4n) is 0.428. The van der Waals surface area contributed by atoms with Gasteiger partial charge < -0.3 is 17.5 Å². The summed E-state index contributed by atoms with van der Waals surface area (Å²) in [6.45, 7) is 0. The molecule has 0 aliphatic heterocycles. The molecule has 0 bridgehead atoms. The Bertz CT molecular complexity index is 143. The van der Waals surface area contributed by atoms with E-state index in [4.69, 9.17) is 5.11 Å². The number of phenols is 1. The van der Waals surface area contributed by atoms with Crippen LogP contribution in [0.3, 0.4) is 0 Å². The largest absolute Gasteiger partial charge is 1.00 e. The Morgan fingerprint density at radius 3 is 1.67 bits per heavy atom. The Morgan fingerprint density at radius 1 is 1.00 bits per heavy atom. The van der Waals surface area contributed by atoms with Gasteiger partial charge >= 0.3 is 0 Å². The molecule has 0 aliphatic carbocycles. The third-order valence-corrected chi connectivity index (χ3v) is 0.756. The summed E-state index contributed by atoms with van der Waals surface area (Å²) >= 11 is 0. The topological polar surface area (TPSA) is 20.2 Å². The van der Waals surface area contributed by atoms with Crippen molar-refractivity contribution >= 4 is 0 Å². The second kappa shape index (κ2) is 5.96. The molecule has 1 aromatic carbocycles. The Hall–Kier alpha value is -0.171. The van der Waals surface area contributed by atoms with E-state index in [-0.39, 0.29) is 29.5 Å². The second-order valence-corrected chi connectivity index (χ2v) is 1.34. The summed E-state index contributed by atoms with van der Waals surface area (Å²) in [6, 6.07) is 8.71. The first kappa shape index (κ1) is 11.6. The van der Waals surface area contributed by atoms with Crippen molar-refractivity contribution in [2.24, 2.45) is 0 Å². The third kappa shape index (κ3) is 4.34. The zero-order chi connectivity index (χ0) is 5.11. The quantitative estimate of drug-likeness (QED) is 0.482. The molecule has 0 heterocycles. The summed E-state index contributed by atoms with van der Waals surface area (Å²) in [4.78, 5) is 0. The van der Waals surface area contributed by atoms with Crippen molar-refractivity contribution in [2.45, 2.75) is 0 Å². The van der Waals surface area contributed by atoms with Crippen LogP contribution in [0, 0.1) is 0 Å². The van der Waals surface area contributed by atoms with E-state index in [1.807, 2.05) is 6.07 Å². The van der Waals surface area contributed by atoms with Crippen LogP contribution in [0.2, 0.25) is 0 Å². The van der Waals surface area contributed by atoms with Gasteiger partial charge in [-0.15, -0.1) is 0 Å². The third-order valence-electron chi connectivity index (χ3n) is 0.756. The minimum Gasteiger partial charge on any atom is -1.00 e. The minimum absolute atomic E-state index is 0.